The van der Waals surface area contributed by atoms with Gasteiger partial charge in [-0.15, -0.1) is 0 Å². The second kappa shape index (κ2) is 8.70. The van der Waals surface area contributed by atoms with Gasteiger partial charge in [-0.05, 0) is 50.2 Å². The van der Waals surface area contributed by atoms with E-state index < -0.39 is 21.7 Å². The van der Waals surface area contributed by atoms with E-state index in [9.17, 15) is 22.4 Å². The lowest BCUT2D eigenvalue weighted by Crippen LogP contribution is -2.50. The van der Waals surface area contributed by atoms with Crippen molar-refractivity contribution in [3.63, 3.8) is 0 Å². The Balaban J connectivity index is 1.52. The summed E-state index contributed by atoms with van der Waals surface area (Å²) in [7, 11) is -3.83. The monoisotopic (exact) mass is 488 g/mol. The number of thiazole rings is 1. The van der Waals surface area contributed by atoms with E-state index >= 15 is 0 Å². The molecule has 0 N–H and O–H groups in total. The summed E-state index contributed by atoms with van der Waals surface area (Å²) < 4.78 is 44.1. The number of carbonyl (C=O) groups excluding carboxylic acids is 1. The van der Waals surface area contributed by atoms with Crippen LogP contribution in [0.4, 0.5) is 4.39 Å². The molecule has 0 unspecified atom stereocenters. The fraction of sp³-hybridized carbons (Fsp3) is 0.318. The van der Waals surface area contributed by atoms with Gasteiger partial charge in [0, 0.05) is 32.2 Å². The number of hydrogen-bond donors (Lipinski definition) is 0. The summed E-state index contributed by atoms with van der Waals surface area (Å²) in [6.45, 7) is 4.12. The predicted molar refractivity (Wildman–Crippen MR) is 122 cm³/mol. The van der Waals surface area contributed by atoms with Crippen molar-refractivity contribution in [3.05, 3.63) is 63.0 Å². The first-order chi connectivity index (χ1) is 15.6. The van der Waals surface area contributed by atoms with Gasteiger partial charge >= 0.3 is 4.87 Å². The summed E-state index contributed by atoms with van der Waals surface area (Å²) in [5.41, 5.74) is 0.657. The van der Waals surface area contributed by atoms with E-state index in [1.165, 1.54) is 33.5 Å². The number of amides is 1. The quantitative estimate of drug-likeness (QED) is 0.562. The molecule has 172 valence electrons. The van der Waals surface area contributed by atoms with E-state index in [4.69, 9.17) is 5.26 Å². The van der Waals surface area contributed by atoms with Crippen LogP contribution in [0.5, 0.6) is 0 Å². The maximum atomic E-state index is 14.2. The van der Waals surface area contributed by atoms with Crippen molar-refractivity contribution in [2.24, 2.45) is 0 Å². The number of hydrogen-bond acceptors (Lipinski definition) is 6. The molecule has 1 aliphatic heterocycles. The van der Waals surface area contributed by atoms with Crippen LogP contribution in [0.15, 0.2) is 46.1 Å². The number of fused-ring (bicyclic) bond motifs is 1. The van der Waals surface area contributed by atoms with Crippen LogP contribution in [-0.4, -0.2) is 54.3 Å². The number of carbonyl (C=O) groups is 1. The molecule has 2 aromatic carbocycles. The van der Waals surface area contributed by atoms with Crippen LogP contribution < -0.4 is 4.87 Å². The van der Waals surface area contributed by atoms with Gasteiger partial charge in [0.05, 0.1) is 32.3 Å². The lowest BCUT2D eigenvalue weighted by atomic mass is 10.1. The maximum absolute atomic E-state index is 14.2. The zero-order chi connectivity index (χ0) is 23.9. The molecule has 3 aromatic rings. The Morgan fingerprint density at radius 3 is 2.42 bits per heavy atom. The van der Waals surface area contributed by atoms with Crippen molar-refractivity contribution < 1.29 is 17.6 Å². The Labute approximate surface area is 194 Å². The van der Waals surface area contributed by atoms with Gasteiger partial charge in [0.25, 0.3) is 5.91 Å². The molecular formula is C22H21FN4O4S2. The smallest absolute Gasteiger partial charge is 0.308 e. The summed E-state index contributed by atoms with van der Waals surface area (Å²) in [6, 6.07) is 10.1. The van der Waals surface area contributed by atoms with Gasteiger partial charge in [-0.25, -0.2) is 12.8 Å². The zero-order valence-electron chi connectivity index (χ0n) is 18.0. The van der Waals surface area contributed by atoms with Crippen molar-refractivity contribution in [2.75, 3.05) is 26.2 Å². The van der Waals surface area contributed by atoms with Crippen LogP contribution in [0.1, 0.15) is 35.8 Å². The molecule has 11 heteroatoms. The third kappa shape index (κ3) is 4.17. The fourth-order valence-corrected chi connectivity index (χ4v) is 6.45. The molecule has 8 nitrogen and oxygen atoms in total. The molecule has 0 spiro atoms. The number of sulfonamides is 1. The molecule has 0 bridgehead atoms. The number of halogens is 1. The highest BCUT2D eigenvalue weighted by molar-refractivity contribution is 7.89. The van der Waals surface area contributed by atoms with Gasteiger partial charge < -0.3 is 4.90 Å². The first-order valence-electron chi connectivity index (χ1n) is 10.3. The van der Waals surface area contributed by atoms with E-state index in [0.717, 1.165) is 17.4 Å². The van der Waals surface area contributed by atoms with Gasteiger partial charge in [0.2, 0.25) is 10.0 Å². The molecule has 0 aliphatic carbocycles. The Hall–Kier alpha value is -3.07. The van der Waals surface area contributed by atoms with E-state index in [1.807, 2.05) is 19.9 Å². The molecule has 1 aromatic heterocycles. The van der Waals surface area contributed by atoms with Gasteiger partial charge in [-0.3, -0.25) is 14.2 Å². The Morgan fingerprint density at radius 1 is 1.12 bits per heavy atom. The Bertz CT molecular complexity index is 1450. The minimum Gasteiger partial charge on any atom is -0.336 e. The number of benzene rings is 2. The second-order valence-corrected chi connectivity index (χ2v) is 10.9. The highest BCUT2D eigenvalue weighted by Gasteiger charge is 2.31. The SMILES string of the molecule is CC(C)n1c(=O)sc2cc(S(=O)(=O)N3CCN(C(=O)c4ccc(C#N)cc4F)CC3)ccc21. The van der Waals surface area contributed by atoms with Crippen molar-refractivity contribution >= 4 is 37.5 Å². The van der Waals surface area contributed by atoms with Gasteiger partial charge in [-0.2, -0.15) is 9.57 Å². The summed E-state index contributed by atoms with van der Waals surface area (Å²) in [4.78, 5) is 26.3. The first-order valence-corrected chi connectivity index (χ1v) is 12.5. The average molecular weight is 489 g/mol. The maximum Gasteiger partial charge on any atom is 0.308 e. The molecule has 33 heavy (non-hydrogen) atoms. The minimum absolute atomic E-state index is 0.0414. The normalized spacial score (nSPS) is 15.2. The Morgan fingerprint density at radius 2 is 1.82 bits per heavy atom. The number of rotatable bonds is 4. The fourth-order valence-electron chi connectivity index (χ4n) is 3.88. The molecule has 1 saturated heterocycles. The van der Waals surface area contributed by atoms with Crippen LogP contribution in [0.3, 0.4) is 0 Å². The third-order valence-electron chi connectivity index (χ3n) is 5.59. The van der Waals surface area contributed by atoms with Crippen molar-refractivity contribution in [1.29, 1.82) is 5.26 Å². The van der Waals surface area contributed by atoms with Gasteiger partial charge in [0.1, 0.15) is 5.82 Å². The first kappa shape index (κ1) is 23.1. The molecular weight excluding hydrogens is 467 g/mol. The molecule has 0 saturated carbocycles. The number of aromatic nitrogens is 1. The minimum atomic E-state index is -3.83. The van der Waals surface area contributed by atoms with E-state index in [1.54, 1.807) is 10.6 Å². The second-order valence-electron chi connectivity index (χ2n) is 7.96. The molecule has 0 atom stereocenters. The molecule has 4 rings (SSSR count). The van der Waals surface area contributed by atoms with Crippen molar-refractivity contribution in [2.45, 2.75) is 24.8 Å². The van der Waals surface area contributed by atoms with Crippen LogP contribution in [0, 0.1) is 17.1 Å². The summed E-state index contributed by atoms with van der Waals surface area (Å²) in [5, 5.41) is 8.85. The van der Waals surface area contributed by atoms with E-state index in [0.29, 0.717) is 10.2 Å². The number of nitrogens with zero attached hydrogens (tertiary/aromatic N) is 4. The molecule has 1 amide bonds. The molecule has 2 heterocycles. The van der Waals surface area contributed by atoms with Gasteiger partial charge in [-0.1, -0.05) is 11.3 Å². The standard InChI is InChI=1S/C22H21FN4O4S2/c1-14(2)27-19-6-4-16(12-20(19)32-22(27)29)33(30,31)26-9-7-25(8-10-26)21(28)17-5-3-15(13-24)11-18(17)23/h3-6,11-12,14H,7-10H2,1-2H3. The highest BCUT2D eigenvalue weighted by Crippen LogP contribution is 2.26. The number of nitriles is 1. The summed E-state index contributed by atoms with van der Waals surface area (Å²) >= 11 is 1.01. The topological polar surface area (TPSA) is 103 Å². The van der Waals surface area contributed by atoms with Gasteiger partial charge in [0.15, 0.2) is 0 Å². The molecule has 1 aliphatic rings. The van der Waals surface area contributed by atoms with E-state index in [-0.39, 0.29) is 53.1 Å². The Kier molecular flexibility index (Phi) is 6.09. The summed E-state index contributed by atoms with van der Waals surface area (Å²) in [5.74, 6) is -1.33. The highest BCUT2D eigenvalue weighted by atomic mass is 32.2. The number of piperazine rings is 1. The van der Waals surface area contributed by atoms with E-state index in [2.05, 4.69) is 0 Å². The van der Waals surface area contributed by atoms with Crippen LogP contribution in [0.25, 0.3) is 10.2 Å². The largest absolute Gasteiger partial charge is 0.336 e. The third-order valence-corrected chi connectivity index (χ3v) is 8.41. The molecule has 1 fully saturated rings. The lowest BCUT2D eigenvalue weighted by molar-refractivity contribution is 0.0693. The summed E-state index contributed by atoms with van der Waals surface area (Å²) in [6.07, 6.45) is 0. The van der Waals surface area contributed by atoms with Crippen LogP contribution in [0.2, 0.25) is 0 Å². The zero-order valence-corrected chi connectivity index (χ0v) is 19.6. The molecule has 0 radical (unpaired) electrons. The van der Waals surface area contributed by atoms with Crippen molar-refractivity contribution in [1.82, 2.24) is 13.8 Å². The van der Waals surface area contributed by atoms with Crippen LogP contribution in [-0.2, 0) is 10.0 Å². The van der Waals surface area contributed by atoms with Crippen LogP contribution >= 0.6 is 11.3 Å². The predicted octanol–water partition coefficient (Wildman–Crippen LogP) is 2.80. The average Bonchev–Trinajstić information content (AvgIpc) is 3.13. The van der Waals surface area contributed by atoms with Crippen molar-refractivity contribution in [3.8, 4) is 6.07 Å². The lowest BCUT2D eigenvalue weighted by Gasteiger charge is -2.34.